The molecule has 0 saturated carbocycles. The maximum Gasteiger partial charge on any atom is 0.374 e. The van der Waals surface area contributed by atoms with Gasteiger partial charge in [0.2, 0.25) is 0 Å². The summed E-state index contributed by atoms with van der Waals surface area (Å²) in [4.78, 5) is 0. The number of phenolic OH excluding ortho intramolecular Hbond substituents is 1. The molecule has 1 radical (unpaired) electrons. The van der Waals surface area contributed by atoms with Gasteiger partial charge in [-0.1, -0.05) is 6.07 Å². The van der Waals surface area contributed by atoms with Crippen LogP contribution in [0, 0.1) is 0 Å². The van der Waals surface area contributed by atoms with E-state index in [4.69, 9.17) is 9.76 Å². The highest BCUT2D eigenvalue weighted by Gasteiger charge is 2.13. The molecule has 0 unspecified atom stereocenters. The molecule has 0 atom stereocenters. The standard InChI is InChI=1S/C7H6BO2/c9-6-2-1-5-4-8-10-7(5)3-6/h1-3,9H,4H2. The second-order valence-electron chi connectivity index (χ2n) is 2.28. The van der Waals surface area contributed by atoms with Crippen molar-refractivity contribution in [1.82, 2.24) is 0 Å². The molecule has 2 rings (SSSR count). The average molecular weight is 133 g/mol. The van der Waals surface area contributed by atoms with Crippen LogP contribution in [0.4, 0.5) is 0 Å². The van der Waals surface area contributed by atoms with E-state index in [1.54, 1.807) is 19.6 Å². The SMILES string of the molecule is Oc1ccc2c(c1)O[B]C2. The lowest BCUT2D eigenvalue weighted by Gasteiger charge is -1.98. The van der Waals surface area contributed by atoms with Gasteiger partial charge in [-0.2, -0.15) is 0 Å². The van der Waals surface area contributed by atoms with Crippen molar-refractivity contribution < 1.29 is 9.76 Å². The largest absolute Gasteiger partial charge is 0.563 e. The van der Waals surface area contributed by atoms with Crippen LogP contribution >= 0.6 is 0 Å². The summed E-state index contributed by atoms with van der Waals surface area (Å²) in [6, 6.07) is 5.16. The molecule has 0 aliphatic carbocycles. The van der Waals surface area contributed by atoms with Crippen molar-refractivity contribution in [3.8, 4) is 11.5 Å². The van der Waals surface area contributed by atoms with Crippen LogP contribution in [0.2, 0.25) is 0 Å². The molecule has 1 heterocycles. The Morgan fingerprint density at radius 3 is 3.30 bits per heavy atom. The molecular formula is C7H6BO2. The molecule has 0 bridgehead atoms. The van der Waals surface area contributed by atoms with Crippen molar-refractivity contribution in [3.05, 3.63) is 23.8 Å². The number of aromatic hydroxyl groups is 1. The Labute approximate surface area is 59.7 Å². The molecule has 0 fully saturated rings. The predicted molar refractivity (Wildman–Crippen MR) is 38.2 cm³/mol. The first-order valence-electron chi connectivity index (χ1n) is 3.16. The number of benzene rings is 1. The Bertz CT molecular complexity index is 260. The van der Waals surface area contributed by atoms with E-state index in [0.717, 1.165) is 17.6 Å². The zero-order chi connectivity index (χ0) is 6.97. The molecule has 49 valence electrons. The van der Waals surface area contributed by atoms with Gasteiger partial charge in [-0.25, -0.2) is 0 Å². The summed E-state index contributed by atoms with van der Waals surface area (Å²) in [5, 5.41) is 9.00. The van der Waals surface area contributed by atoms with Gasteiger partial charge in [-0.05, 0) is 17.9 Å². The monoisotopic (exact) mass is 133 g/mol. The van der Waals surface area contributed by atoms with Gasteiger partial charge >= 0.3 is 7.48 Å². The van der Waals surface area contributed by atoms with E-state index < -0.39 is 0 Å². The molecular weight excluding hydrogens is 127 g/mol. The van der Waals surface area contributed by atoms with Crippen LogP contribution in [-0.4, -0.2) is 12.6 Å². The van der Waals surface area contributed by atoms with E-state index in [1.807, 2.05) is 6.07 Å². The summed E-state index contributed by atoms with van der Waals surface area (Å²) in [7, 11) is 1.73. The topological polar surface area (TPSA) is 29.5 Å². The molecule has 1 aliphatic heterocycles. The smallest absolute Gasteiger partial charge is 0.374 e. The molecule has 0 saturated heterocycles. The Kier molecular flexibility index (Phi) is 1.10. The first-order chi connectivity index (χ1) is 4.86. The van der Waals surface area contributed by atoms with E-state index in [2.05, 4.69) is 0 Å². The normalized spacial score (nSPS) is 13.6. The third-order valence-corrected chi connectivity index (χ3v) is 1.56. The molecule has 3 heteroatoms. The Hall–Kier alpha value is -1.12. The lowest BCUT2D eigenvalue weighted by molar-refractivity contribution is 0.471. The highest BCUT2D eigenvalue weighted by atomic mass is 16.4. The van der Waals surface area contributed by atoms with E-state index in [1.165, 1.54) is 0 Å². The minimum atomic E-state index is 0.258. The highest BCUT2D eigenvalue weighted by molar-refractivity contribution is 6.29. The third-order valence-electron chi connectivity index (χ3n) is 1.56. The fourth-order valence-electron chi connectivity index (χ4n) is 1.04. The zero-order valence-electron chi connectivity index (χ0n) is 5.37. The Morgan fingerprint density at radius 1 is 1.50 bits per heavy atom. The lowest BCUT2D eigenvalue weighted by atomic mass is 9.94. The van der Waals surface area contributed by atoms with E-state index in [0.29, 0.717) is 0 Å². The Balaban J connectivity index is 2.52. The summed E-state index contributed by atoms with van der Waals surface area (Å²) >= 11 is 0. The molecule has 1 aliphatic rings. The van der Waals surface area contributed by atoms with Crippen LogP contribution in [0.25, 0.3) is 0 Å². The number of hydrogen-bond acceptors (Lipinski definition) is 2. The molecule has 2 nitrogen and oxygen atoms in total. The Morgan fingerprint density at radius 2 is 2.40 bits per heavy atom. The first kappa shape index (κ1) is 5.65. The summed E-state index contributed by atoms with van der Waals surface area (Å²) in [6.07, 6.45) is 0.843. The van der Waals surface area contributed by atoms with Crippen molar-refractivity contribution in [2.45, 2.75) is 6.32 Å². The van der Waals surface area contributed by atoms with Crippen LogP contribution in [0.15, 0.2) is 18.2 Å². The minimum Gasteiger partial charge on any atom is -0.563 e. The van der Waals surface area contributed by atoms with Crippen molar-refractivity contribution in [1.29, 1.82) is 0 Å². The van der Waals surface area contributed by atoms with Crippen LogP contribution in [0.1, 0.15) is 5.56 Å². The molecule has 1 aromatic rings. The van der Waals surface area contributed by atoms with E-state index in [-0.39, 0.29) is 5.75 Å². The van der Waals surface area contributed by atoms with E-state index >= 15 is 0 Å². The molecule has 1 aromatic carbocycles. The van der Waals surface area contributed by atoms with Crippen molar-refractivity contribution in [3.63, 3.8) is 0 Å². The fourth-order valence-corrected chi connectivity index (χ4v) is 1.04. The van der Waals surface area contributed by atoms with Crippen molar-refractivity contribution >= 4 is 7.48 Å². The molecule has 0 spiro atoms. The summed E-state index contributed by atoms with van der Waals surface area (Å²) in [5.74, 6) is 1.04. The quantitative estimate of drug-likeness (QED) is 0.532. The number of fused-ring (bicyclic) bond motifs is 1. The molecule has 1 N–H and O–H groups in total. The van der Waals surface area contributed by atoms with Gasteiger partial charge in [-0.15, -0.1) is 0 Å². The van der Waals surface area contributed by atoms with E-state index in [9.17, 15) is 0 Å². The maximum absolute atomic E-state index is 9.00. The molecule has 0 amide bonds. The zero-order valence-corrected chi connectivity index (χ0v) is 5.37. The second-order valence-corrected chi connectivity index (χ2v) is 2.28. The van der Waals surface area contributed by atoms with Crippen LogP contribution in [0.3, 0.4) is 0 Å². The summed E-state index contributed by atoms with van der Waals surface area (Å²) in [6.45, 7) is 0. The fraction of sp³-hybridized carbons (Fsp3) is 0.143. The van der Waals surface area contributed by atoms with Crippen LogP contribution in [0.5, 0.6) is 11.5 Å². The summed E-state index contributed by atoms with van der Waals surface area (Å²) in [5.41, 5.74) is 1.14. The van der Waals surface area contributed by atoms with Gasteiger partial charge in [0.25, 0.3) is 0 Å². The number of hydrogen-bond donors (Lipinski definition) is 1. The molecule has 0 aromatic heterocycles. The average Bonchev–Trinajstić information content (AvgIpc) is 2.33. The van der Waals surface area contributed by atoms with Crippen molar-refractivity contribution in [2.24, 2.45) is 0 Å². The first-order valence-corrected chi connectivity index (χ1v) is 3.16. The highest BCUT2D eigenvalue weighted by Crippen LogP contribution is 2.27. The van der Waals surface area contributed by atoms with Crippen LogP contribution in [-0.2, 0) is 6.32 Å². The van der Waals surface area contributed by atoms with Gasteiger partial charge < -0.3 is 9.76 Å². The summed E-state index contributed by atoms with van der Waals surface area (Å²) < 4.78 is 5.09. The van der Waals surface area contributed by atoms with Crippen LogP contribution < -0.4 is 4.65 Å². The van der Waals surface area contributed by atoms with Gasteiger partial charge in [-0.3, -0.25) is 0 Å². The maximum atomic E-state index is 9.00. The lowest BCUT2D eigenvalue weighted by Crippen LogP contribution is -1.92. The minimum absolute atomic E-state index is 0.258. The second kappa shape index (κ2) is 1.94. The predicted octanol–water partition coefficient (Wildman–Crippen LogP) is 0.904. The number of phenols is 1. The number of rotatable bonds is 0. The van der Waals surface area contributed by atoms with Crippen molar-refractivity contribution in [2.75, 3.05) is 0 Å². The third kappa shape index (κ3) is 0.745. The van der Waals surface area contributed by atoms with Gasteiger partial charge in [0.1, 0.15) is 11.5 Å². The van der Waals surface area contributed by atoms with Gasteiger partial charge in [0, 0.05) is 6.07 Å². The van der Waals surface area contributed by atoms with Gasteiger partial charge in [0.05, 0.1) is 0 Å². The van der Waals surface area contributed by atoms with Gasteiger partial charge in [0.15, 0.2) is 0 Å². The molecule has 10 heavy (non-hydrogen) atoms.